The summed E-state index contributed by atoms with van der Waals surface area (Å²) in [6.45, 7) is 35.2. The first-order valence-corrected chi connectivity index (χ1v) is 22.6. The van der Waals surface area contributed by atoms with E-state index >= 15 is 0 Å². The van der Waals surface area contributed by atoms with Crippen molar-refractivity contribution in [2.75, 3.05) is 10.6 Å². The molecule has 4 rings (SSSR count). The number of fused-ring (bicyclic) bond motifs is 2. The molecule has 0 saturated heterocycles. The maximum atomic E-state index is 10.3. The van der Waals surface area contributed by atoms with Crippen molar-refractivity contribution >= 4 is 72.7 Å². The van der Waals surface area contributed by atoms with Crippen LogP contribution in [0.5, 0.6) is 0 Å². The second-order valence-electron chi connectivity index (χ2n) is 10.5. The van der Waals surface area contributed by atoms with Crippen molar-refractivity contribution in [3.8, 4) is 0 Å². The van der Waals surface area contributed by atoms with Crippen LogP contribution in [0.15, 0.2) is 36.4 Å². The van der Waals surface area contributed by atoms with E-state index in [4.69, 9.17) is 14.6 Å². The van der Waals surface area contributed by atoms with E-state index in [2.05, 4.69) is 120 Å². The van der Waals surface area contributed by atoms with Crippen LogP contribution in [0, 0.1) is 13.8 Å². The van der Waals surface area contributed by atoms with Gasteiger partial charge < -0.3 is 35.2 Å². The second-order valence-corrected chi connectivity index (χ2v) is 10.5. The van der Waals surface area contributed by atoms with Gasteiger partial charge in [0.25, 0.3) is 0 Å². The Hall–Kier alpha value is 0.0878. The normalized spacial score (nSPS) is 12.3. The summed E-state index contributed by atoms with van der Waals surface area (Å²) in [5.74, 6) is 0. The fourth-order valence-electron chi connectivity index (χ4n) is 5.10. The number of ether oxygens (including phenoxy) is 1. The largest absolute Gasteiger partial charge is 0.665 e. The van der Waals surface area contributed by atoms with Crippen molar-refractivity contribution in [2.24, 2.45) is 0 Å². The topological polar surface area (TPSA) is 108 Å². The first-order chi connectivity index (χ1) is 22.3. The van der Waals surface area contributed by atoms with Gasteiger partial charge in [-0.05, 0) is 101 Å². The van der Waals surface area contributed by atoms with Crippen LogP contribution < -0.4 is 10.6 Å². The Balaban J connectivity index is -0.000000107. The fraction of sp³-hybridized carbons (Fsp3) is 0.538. The number of benzene rings is 2. The average molecular weight is 1070 g/mol. The molecule has 2 heterocycles. The van der Waals surface area contributed by atoms with Crippen molar-refractivity contribution in [3.05, 3.63) is 69.8 Å². The van der Waals surface area contributed by atoms with Crippen molar-refractivity contribution in [1.29, 1.82) is 0 Å². The molecule has 0 saturated carbocycles. The van der Waals surface area contributed by atoms with Gasteiger partial charge in [0, 0.05) is 125 Å². The van der Waals surface area contributed by atoms with Gasteiger partial charge in [-0.2, -0.15) is 0 Å². The van der Waals surface area contributed by atoms with Gasteiger partial charge in [0.15, 0.2) is 0 Å². The molecule has 0 aromatic heterocycles. The number of halogens is 2. The zero-order valence-corrected chi connectivity index (χ0v) is 42.9. The molecule has 50 heavy (non-hydrogen) atoms. The number of carbonyl (C=O) groups excluding carboxylic acids is 1. The SMILES string of the molecule is C.CC.CC.CC.CC.CC1=CC(C)(C)Nc2ccc(C)c(CO)c21.CC1=CC(C)(C)Nc2ccc(C)c(CO[C-]=O)c21.II.O=[C-]O.[Y].[Y]. The maximum absolute atomic E-state index is 10.3. The molecule has 284 valence electrons. The molecule has 2 aromatic rings. The Morgan fingerprint density at radius 2 is 0.980 bits per heavy atom. The summed E-state index contributed by atoms with van der Waals surface area (Å²) < 4.78 is 4.81. The van der Waals surface area contributed by atoms with Gasteiger partial charge in [-0.25, -0.2) is 0 Å². The van der Waals surface area contributed by atoms with E-state index in [9.17, 15) is 9.90 Å². The quantitative estimate of drug-likeness (QED) is 0.178. The molecule has 11 heteroatoms. The van der Waals surface area contributed by atoms with Gasteiger partial charge in [0.1, 0.15) is 0 Å². The first-order valence-electron chi connectivity index (χ1n) is 16.3. The number of aliphatic hydroxyl groups is 1. The minimum absolute atomic E-state index is 0. The zero-order valence-electron chi connectivity index (χ0n) is 32.9. The Morgan fingerprint density at radius 3 is 1.28 bits per heavy atom. The molecular weight excluding hydrogens is 1010 g/mol. The van der Waals surface area contributed by atoms with Crippen LogP contribution in [0.3, 0.4) is 0 Å². The number of hydrogen-bond acceptors (Lipinski definition) is 6. The van der Waals surface area contributed by atoms with E-state index in [1.54, 1.807) is 0 Å². The molecule has 2 aromatic carbocycles. The van der Waals surface area contributed by atoms with E-state index in [0.717, 1.165) is 39.2 Å². The first kappa shape index (κ1) is 65.0. The van der Waals surface area contributed by atoms with Crippen LogP contribution in [0.4, 0.5) is 11.4 Å². The third kappa shape index (κ3) is 23.0. The number of allylic oxidation sites excluding steroid dienone is 2. The minimum Gasteiger partial charge on any atom is -0.665 e. The molecule has 0 fully saturated rings. The number of nitrogens with one attached hydrogen (secondary N) is 2. The molecule has 0 bridgehead atoms. The van der Waals surface area contributed by atoms with Crippen LogP contribution in [-0.2, 0) is 93.0 Å². The molecule has 2 radical (unpaired) electrons. The van der Waals surface area contributed by atoms with Crippen molar-refractivity contribution in [3.63, 3.8) is 0 Å². The number of aryl methyl sites for hydroxylation is 2. The predicted octanol–water partition coefficient (Wildman–Crippen LogP) is 12.4. The molecule has 0 atom stereocenters. The van der Waals surface area contributed by atoms with E-state index in [-0.39, 0.29) is 97.1 Å². The van der Waals surface area contributed by atoms with E-state index in [1.807, 2.05) is 75.3 Å². The van der Waals surface area contributed by atoms with Gasteiger partial charge in [-0.1, -0.05) is 100 Å². The standard InChI is InChI=1S/C15H18NO2.C14H19NO.4C2H6.CHO2.CH4.I2.2Y/c1-10-5-6-13-14(12(10)8-18-9-17)11(2)7-15(3,4)16-13;1-9-5-6-12-13(11(9)8-16)10(2)7-14(3,4)15-12;4*1-2;2-1-3;;1-2;;/h5-7,16H,8H2,1-4H3;5-7,15-16H,8H2,1-4H3;4*1-2H3;(H,2,3);1H4;;;/q-1;;;;;;-1;;;;. The van der Waals surface area contributed by atoms with Crippen molar-refractivity contribution in [2.45, 2.75) is 142 Å². The second kappa shape index (κ2) is 37.4. The Bertz CT molecular complexity index is 1240. The number of aliphatic hydroxyl groups excluding tert-OH is 2. The maximum Gasteiger partial charge on any atom is 0.0755 e. The third-order valence-corrected chi connectivity index (χ3v) is 6.38. The van der Waals surface area contributed by atoms with Gasteiger partial charge in [0.2, 0.25) is 0 Å². The van der Waals surface area contributed by atoms with E-state index < -0.39 is 0 Å². The van der Waals surface area contributed by atoms with Gasteiger partial charge in [0.05, 0.1) is 24.3 Å². The minimum atomic E-state index is -0.0543. The molecule has 2 aliphatic heterocycles. The summed E-state index contributed by atoms with van der Waals surface area (Å²) in [6, 6.07) is 8.29. The monoisotopic (exact) mass is 1070 g/mol. The number of rotatable bonds is 4. The summed E-state index contributed by atoms with van der Waals surface area (Å²) >= 11 is 4.24. The Morgan fingerprint density at radius 1 is 0.680 bits per heavy atom. The van der Waals surface area contributed by atoms with Crippen molar-refractivity contribution in [1.82, 2.24) is 0 Å². The van der Waals surface area contributed by atoms with Gasteiger partial charge >= 0.3 is 0 Å². The summed E-state index contributed by atoms with van der Waals surface area (Å²) in [4.78, 5) is 18.5. The van der Waals surface area contributed by atoms with Crippen LogP contribution in [0.1, 0.15) is 138 Å². The van der Waals surface area contributed by atoms with E-state index in [0.29, 0.717) is 6.47 Å². The summed E-state index contributed by atoms with van der Waals surface area (Å²) in [6.07, 6.45) is 4.41. The molecule has 0 spiro atoms. The van der Waals surface area contributed by atoms with Crippen LogP contribution in [-0.4, -0.2) is 34.2 Å². The van der Waals surface area contributed by atoms with Crippen LogP contribution in [0.2, 0.25) is 0 Å². The molecular formula is C39H66I2N2O5Y2-2. The summed E-state index contributed by atoms with van der Waals surface area (Å²) in [7, 11) is 0. The molecule has 0 amide bonds. The Kier molecular flexibility index (Phi) is 48.6. The summed E-state index contributed by atoms with van der Waals surface area (Å²) in [5, 5.41) is 23.2. The van der Waals surface area contributed by atoms with E-state index in [1.165, 1.54) is 23.2 Å². The molecule has 4 N–H and O–H groups in total. The molecule has 0 unspecified atom stereocenters. The van der Waals surface area contributed by atoms with Gasteiger partial charge in [-0.15, -0.1) is 0 Å². The zero-order chi connectivity index (χ0) is 38.0. The van der Waals surface area contributed by atoms with Crippen molar-refractivity contribution < 1.29 is 90.0 Å². The number of anilines is 2. The fourth-order valence-corrected chi connectivity index (χ4v) is 5.10. The van der Waals surface area contributed by atoms with Crippen LogP contribution >= 0.6 is 37.2 Å². The third-order valence-electron chi connectivity index (χ3n) is 6.38. The molecule has 7 nitrogen and oxygen atoms in total. The number of hydrogen-bond donors (Lipinski definition) is 4. The molecule has 0 aliphatic carbocycles. The average Bonchev–Trinajstić information content (AvgIpc) is 3.05. The smallest absolute Gasteiger partial charge is 0.0755 e. The van der Waals surface area contributed by atoms with Crippen LogP contribution in [0.25, 0.3) is 11.1 Å². The van der Waals surface area contributed by atoms with Gasteiger partial charge in [-0.3, -0.25) is 0 Å². The summed E-state index contributed by atoms with van der Waals surface area (Å²) in [5.41, 5.74) is 11.3. The Labute approximate surface area is 380 Å². The predicted molar refractivity (Wildman–Crippen MR) is 230 cm³/mol. The molecule has 2 aliphatic rings.